The molecule has 24 heavy (non-hydrogen) atoms. The maximum atomic E-state index is 12.3. The number of aromatic nitrogens is 2. The molecule has 2 heterocycles. The van der Waals surface area contributed by atoms with E-state index in [9.17, 15) is 4.79 Å². The van der Waals surface area contributed by atoms with Gasteiger partial charge < -0.3 is 15.0 Å². The van der Waals surface area contributed by atoms with Gasteiger partial charge in [-0.3, -0.25) is 4.79 Å². The lowest BCUT2D eigenvalue weighted by molar-refractivity contribution is 0.0950. The van der Waals surface area contributed by atoms with E-state index in [-0.39, 0.29) is 5.91 Å². The number of carbonyl (C=O) groups is 1. The van der Waals surface area contributed by atoms with Crippen molar-refractivity contribution in [1.29, 1.82) is 0 Å². The average molecular weight is 326 g/mol. The first-order valence-corrected chi connectivity index (χ1v) is 8.13. The van der Waals surface area contributed by atoms with Crippen molar-refractivity contribution in [2.24, 2.45) is 0 Å². The van der Waals surface area contributed by atoms with Gasteiger partial charge in [0.15, 0.2) is 0 Å². The van der Waals surface area contributed by atoms with Crippen LogP contribution in [0.3, 0.4) is 0 Å². The van der Waals surface area contributed by atoms with E-state index in [0.29, 0.717) is 31.1 Å². The number of carbonyl (C=O) groups excluding carboxylic acids is 1. The Balaban J connectivity index is 1.63. The number of morpholine rings is 1. The molecule has 1 aliphatic rings. The largest absolute Gasteiger partial charge is 0.378 e. The maximum absolute atomic E-state index is 12.3. The molecule has 0 saturated carbocycles. The molecule has 1 N–H and O–H groups in total. The first-order chi connectivity index (χ1) is 11.6. The molecule has 0 spiro atoms. The molecule has 1 fully saturated rings. The minimum absolute atomic E-state index is 0.113. The van der Waals surface area contributed by atoms with Gasteiger partial charge >= 0.3 is 0 Å². The second-order valence-electron chi connectivity index (χ2n) is 5.91. The first-order valence-electron chi connectivity index (χ1n) is 8.13. The summed E-state index contributed by atoms with van der Waals surface area (Å²) < 4.78 is 5.36. The van der Waals surface area contributed by atoms with Gasteiger partial charge in [-0.2, -0.15) is 0 Å². The second-order valence-corrected chi connectivity index (χ2v) is 5.91. The fourth-order valence-electron chi connectivity index (χ4n) is 2.59. The smallest absolute Gasteiger partial charge is 0.251 e. The number of amides is 1. The number of hydrogen-bond acceptors (Lipinski definition) is 5. The van der Waals surface area contributed by atoms with E-state index in [1.165, 1.54) is 5.56 Å². The molecule has 0 aliphatic carbocycles. The molecule has 3 rings (SSSR count). The van der Waals surface area contributed by atoms with Gasteiger partial charge in [0, 0.05) is 24.8 Å². The number of nitrogens with zero attached hydrogens (tertiary/aromatic N) is 3. The highest BCUT2D eigenvalue weighted by atomic mass is 16.5. The van der Waals surface area contributed by atoms with Crippen molar-refractivity contribution in [3.63, 3.8) is 0 Å². The van der Waals surface area contributed by atoms with Crippen molar-refractivity contribution in [2.75, 3.05) is 31.2 Å². The van der Waals surface area contributed by atoms with Crippen LogP contribution in [0.25, 0.3) is 0 Å². The fourth-order valence-corrected chi connectivity index (χ4v) is 2.59. The van der Waals surface area contributed by atoms with Crippen molar-refractivity contribution in [3.05, 3.63) is 53.0 Å². The summed E-state index contributed by atoms with van der Waals surface area (Å²) in [5.74, 6) is 1.37. The molecule has 0 bridgehead atoms. The summed E-state index contributed by atoms with van der Waals surface area (Å²) in [6, 6.07) is 7.58. The minimum atomic E-state index is -0.113. The lowest BCUT2D eigenvalue weighted by Crippen LogP contribution is -2.37. The SMILES string of the molecule is Cc1ccc(C(=O)NCc2nccc(N3CCOCC3)n2)cc1C. The zero-order chi connectivity index (χ0) is 16.9. The second kappa shape index (κ2) is 7.40. The third kappa shape index (κ3) is 3.89. The van der Waals surface area contributed by atoms with E-state index in [1.54, 1.807) is 6.20 Å². The Morgan fingerprint density at radius 3 is 2.75 bits per heavy atom. The molecule has 1 aromatic carbocycles. The van der Waals surface area contributed by atoms with Crippen LogP contribution in [0.1, 0.15) is 27.3 Å². The van der Waals surface area contributed by atoms with Gasteiger partial charge in [0.25, 0.3) is 5.91 Å². The predicted octanol–water partition coefficient (Wildman–Crippen LogP) is 1.86. The predicted molar refractivity (Wildman–Crippen MR) is 92.2 cm³/mol. The Kier molecular flexibility index (Phi) is 5.05. The highest BCUT2D eigenvalue weighted by Crippen LogP contribution is 2.12. The summed E-state index contributed by atoms with van der Waals surface area (Å²) in [5.41, 5.74) is 2.93. The van der Waals surface area contributed by atoms with Crippen LogP contribution < -0.4 is 10.2 Å². The summed E-state index contributed by atoms with van der Waals surface area (Å²) in [5, 5.41) is 2.88. The number of benzene rings is 1. The summed E-state index contributed by atoms with van der Waals surface area (Å²) in [4.78, 5) is 23.2. The molecule has 6 heteroatoms. The van der Waals surface area contributed by atoms with E-state index in [1.807, 2.05) is 38.1 Å². The van der Waals surface area contributed by atoms with Crippen molar-refractivity contribution < 1.29 is 9.53 Å². The first kappa shape index (κ1) is 16.4. The van der Waals surface area contributed by atoms with Crippen LogP contribution >= 0.6 is 0 Å². The van der Waals surface area contributed by atoms with Crippen LogP contribution in [0.15, 0.2) is 30.5 Å². The van der Waals surface area contributed by atoms with Gasteiger partial charge in [0.05, 0.1) is 19.8 Å². The average Bonchev–Trinajstić information content (AvgIpc) is 2.63. The van der Waals surface area contributed by atoms with E-state index in [0.717, 1.165) is 24.5 Å². The molecule has 0 unspecified atom stereocenters. The number of anilines is 1. The Hall–Kier alpha value is -2.47. The summed E-state index contributed by atoms with van der Waals surface area (Å²) in [6.07, 6.45) is 1.73. The Labute approximate surface area is 141 Å². The van der Waals surface area contributed by atoms with Crippen LogP contribution in [0, 0.1) is 13.8 Å². The van der Waals surface area contributed by atoms with Crippen molar-refractivity contribution in [1.82, 2.24) is 15.3 Å². The zero-order valence-electron chi connectivity index (χ0n) is 14.1. The number of nitrogens with one attached hydrogen (secondary N) is 1. The van der Waals surface area contributed by atoms with Gasteiger partial charge in [-0.1, -0.05) is 6.07 Å². The normalized spacial score (nSPS) is 14.5. The Bertz CT molecular complexity index is 727. The molecular weight excluding hydrogens is 304 g/mol. The molecule has 126 valence electrons. The Morgan fingerprint density at radius 1 is 1.21 bits per heavy atom. The molecule has 1 saturated heterocycles. The molecule has 0 atom stereocenters. The molecule has 1 amide bonds. The maximum Gasteiger partial charge on any atom is 0.251 e. The standard InChI is InChI=1S/C18H22N4O2/c1-13-3-4-15(11-14(13)2)18(23)20-12-16-19-6-5-17(21-16)22-7-9-24-10-8-22/h3-6,11H,7-10,12H2,1-2H3,(H,20,23). The third-order valence-electron chi connectivity index (χ3n) is 4.20. The Morgan fingerprint density at radius 2 is 2.00 bits per heavy atom. The molecular formula is C18H22N4O2. The fraction of sp³-hybridized carbons (Fsp3) is 0.389. The monoisotopic (exact) mass is 326 g/mol. The van der Waals surface area contributed by atoms with Crippen molar-refractivity contribution >= 4 is 11.7 Å². The van der Waals surface area contributed by atoms with Crippen molar-refractivity contribution in [3.8, 4) is 0 Å². The van der Waals surface area contributed by atoms with Gasteiger partial charge in [-0.05, 0) is 43.2 Å². The van der Waals surface area contributed by atoms with Crippen LogP contribution in [-0.4, -0.2) is 42.2 Å². The van der Waals surface area contributed by atoms with Crippen LogP contribution in [0.4, 0.5) is 5.82 Å². The van der Waals surface area contributed by atoms with E-state index in [2.05, 4.69) is 20.2 Å². The summed E-state index contributed by atoms with van der Waals surface area (Å²) in [7, 11) is 0. The number of aryl methyl sites for hydroxylation is 2. The lowest BCUT2D eigenvalue weighted by Gasteiger charge is -2.27. The summed E-state index contributed by atoms with van der Waals surface area (Å²) >= 11 is 0. The quantitative estimate of drug-likeness (QED) is 0.929. The number of hydrogen-bond donors (Lipinski definition) is 1. The van der Waals surface area contributed by atoms with Gasteiger partial charge in [-0.25, -0.2) is 9.97 Å². The zero-order valence-corrected chi connectivity index (χ0v) is 14.1. The molecule has 2 aromatic rings. The minimum Gasteiger partial charge on any atom is -0.378 e. The van der Waals surface area contributed by atoms with Crippen LogP contribution in [0.2, 0.25) is 0 Å². The van der Waals surface area contributed by atoms with E-state index < -0.39 is 0 Å². The van der Waals surface area contributed by atoms with Crippen LogP contribution in [-0.2, 0) is 11.3 Å². The van der Waals surface area contributed by atoms with E-state index >= 15 is 0 Å². The molecule has 1 aromatic heterocycles. The molecule has 1 aliphatic heterocycles. The van der Waals surface area contributed by atoms with E-state index in [4.69, 9.17) is 4.74 Å². The topological polar surface area (TPSA) is 67.4 Å². The highest BCUT2D eigenvalue weighted by molar-refractivity contribution is 5.94. The van der Waals surface area contributed by atoms with Crippen LogP contribution in [0.5, 0.6) is 0 Å². The summed E-state index contributed by atoms with van der Waals surface area (Å²) in [6.45, 7) is 7.41. The number of ether oxygens (including phenoxy) is 1. The van der Waals surface area contributed by atoms with Gasteiger partial charge in [-0.15, -0.1) is 0 Å². The molecule has 0 radical (unpaired) electrons. The van der Waals surface area contributed by atoms with Gasteiger partial charge in [0.1, 0.15) is 11.6 Å². The number of rotatable bonds is 4. The van der Waals surface area contributed by atoms with Crippen molar-refractivity contribution in [2.45, 2.75) is 20.4 Å². The lowest BCUT2D eigenvalue weighted by atomic mass is 10.1. The highest BCUT2D eigenvalue weighted by Gasteiger charge is 2.13. The van der Waals surface area contributed by atoms with Gasteiger partial charge in [0.2, 0.25) is 0 Å². The third-order valence-corrected chi connectivity index (χ3v) is 4.20. The molecule has 6 nitrogen and oxygen atoms in total.